The van der Waals surface area contributed by atoms with Crippen molar-refractivity contribution in [3.05, 3.63) is 30.3 Å². The summed E-state index contributed by atoms with van der Waals surface area (Å²) < 4.78 is 0. The highest BCUT2D eigenvalue weighted by molar-refractivity contribution is 8.00. The molecule has 0 fully saturated rings. The molecule has 0 unspecified atom stereocenters. The standard InChI is InChI=1S/C17H26N2O2S/c18-16(20)12-8-3-1-2-4-9-13-19-17(21)14-22-15-10-6-5-7-11-15/h5-7,10-11H,1-4,8-9,12-14H2,(H2,18,20)(H,19,21). The molecule has 0 spiro atoms. The van der Waals surface area contributed by atoms with Crippen LogP contribution in [0.4, 0.5) is 0 Å². The highest BCUT2D eigenvalue weighted by Crippen LogP contribution is 2.16. The molecule has 0 heterocycles. The lowest BCUT2D eigenvalue weighted by atomic mass is 10.1. The van der Waals surface area contributed by atoms with Crippen LogP contribution in [0.1, 0.15) is 44.9 Å². The fraction of sp³-hybridized carbons (Fsp3) is 0.529. The van der Waals surface area contributed by atoms with Gasteiger partial charge in [0.15, 0.2) is 0 Å². The minimum Gasteiger partial charge on any atom is -0.370 e. The second kappa shape index (κ2) is 12.1. The molecule has 1 rings (SSSR count). The number of rotatable bonds is 12. The summed E-state index contributed by atoms with van der Waals surface area (Å²) in [7, 11) is 0. The predicted molar refractivity (Wildman–Crippen MR) is 91.7 cm³/mol. The number of primary amides is 1. The van der Waals surface area contributed by atoms with Crippen LogP contribution in [0, 0.1) is 0 Å². The highest BCUT2D eigenvalue weighted by Gasteiger charge is 2.01. The van der Waals surface area contributed by atoms with Gasteiger partial charge in [0, 0.05) is 17.9 Å². The number of amides is 2. The third kappa shape index (κ3) is 10.3. The molecule has 2 amide bonds. The maximum Gasteiger partial charge on any atom is 0.230 e. The lowest BCUT2D eigenvalue weighted by Crippen LogP contribution is -2.26. The molecule has 5 heteroatoms. The third-order valence-corrected chi connectivity index (χ3v) is 4.30. The van der Waals surface area contributed by atoms with Gasteiger partial charge in [-0.1, -0.05) is 43.9 Å². The molecule has 3 N–H and O–H groups in total. The number of unbranched alkanes of at least 4 members (excludes halogenated alkanes) is 5. The van der Waals surface area contributed by atoms with Gasteiger partial charge in [-0.15, -0.1) is 11.8 Å². The van der Waals surface area contributed by atoms with Crippen molar-refractivity contribution in [2.75, 3.05) is 12.3 Å². The maximum absolute atomic E-state index is 11.7. The van der Waals surface area contributed by atoms with Crippen LogP contribution in [0.3, 0.4) is 0 Å². The lowest BCUT2D eigenvalue weighted by Gasteiger charge is -2.05. The summed E-state index contributed by atoms with van der Waals surface area (Å²) in [5.41, 5.74) is 5.08. The zero-order valence-corrected chi connectivity index (χ0v) is 13.9. The van der Waals surface area contributed by atoms with Crippen molar-refractivity contribution in [2.24, 2.45) is 5.73 Å². The summed E-state index contributed by atoms with van der Waals surface area (Å²) in [4.78, 5) is 23.4. The minimum absolute atomic E-state index is 0.0929. The Morgan fingerprint density at radius 2 is 1.59 bits per heavy atom. The van der Waals surface area contributed by atoms with Gasteiger partial charge in [0.05, 0.1) is 5.75 Å². The number of hydrogen-bond donors (Lipinski definition) is 2. The van der Waals surface area contributed by atoms with Gasteiger partial charge in [-0.25, -0.2) is 0 Å². The van der Waals surface area contributed by atoms with Crippen LogP contribution in [0.15, 0.2) is 35.2 Å². The van der Waals surface area contributed by atoms with E-state index in [1.54, 1.807) is 11.8 Å². The number of nitrogens with two attached hydrogens (primary N) is 1. The second-order valence-electron chi connectivity index (χ2n) is 5.29. The first-order chi connectivity index (χ1) is 10.7. The number of thioether (sulfide) groups is 1. The van der Waals surface area contributed by atoms with Crippen molar-refractivity contribution in [1.82, 2.24) is 5.32 Å². The van der Waals surface area contributed by atoms with Crippen LogP contribution in [-0.4, -0.2) is 24.1 Å². The van der Waals surface area contributed by atoms with E-state index in [2.05, 4.69) is 5.32 Å². The first-order valence-electron chi connectivity index (χ1n) is 7.91. The molecule has 0 aromatic heterocycles. The number of benzene rings is 1. The van der Waals surface area contributed by atoms with Crippen molar-refractivity contribution in [3.8, 4) is 0 Å². The van der Waals surface area contributed by atoms with Crippen LogP contribution in [0.25, 0.3) is 0 Å². The van der Waals surface area contributed by atoms with Crippen LogP contribution in [0.2, 0.25) is 0 Å². The third-order valence-electron chi connectivity index (χ3n) is 3.29. The van der Waals surface area contributed by atoms with Crippen molar-refractivity contribution >= 4 is 23.6 Å². The van der Waals surface area contributed by atoms with E-state index in [9.17, 15) is 9.59 Å². The summed E-state index contributed by atoms with van der Waals surface area (Å²) in [6.45, 7) is 0.746. The van der Waals surface area contributed by atoms with E-state index >= 15 is 0 Å². The molecule has 0 aliphatic carbocycles. The van der Waals surface area contributed by atoms with E-state index in [0.717, 1.165) is 50.0 Å². The Balaban J connectivity index is 1.89. The van der Waals surface area contributed by atoms with Gasteiger partial charge in [0.2, 0.25) is 11.8 Å². The second-order valence-corrected chi connectivity index (χ2v) is 6.34. The van der Waals surface area contributed by atoms with Crippen molar-refractivity contribution < 1.29 is 9.59 Å². The minimum atomic E-state index is -0.212. The van der Waals surface area contributed by atoms with E-state index in [4.69, 9.17) is 5.73 Å². The molecule has 1 aromatic rings. The summed E-state index contributed by atoms with van der Waals surface area (Å²) in [5, 5.41) is 2.95. The van der Waals surface area contributed by atoms with Crippen LogP contribution < -0.4 is 11.1 Å². The van der Waals surface area contributed by atoms with Gasteiger partial charge in [0.1, 0.15) is 0 Å². The van der Waals surface area contributed by atoms with Gasteiger partial charge < -0.3 is 11.1 Å². The fourth-order valence-electron chi connectivity index (χ4n) is 2.08. The van der Waals surface area contributed by atoms with E-state index in [0.29, 0.717) is 12.2 Å². The molecule has 0 atom stereocenters. The molecule has 0 aliphatic rings. The smallest absolute Gasteiger partial charge is 0.230 e. The van der Waals surface area contributed by atoms with Gasteiger partial charge in [-0.05, 0) is 25.0 Å². The number of carbonyl (C=O) groups excluding carboxylic acids is 2. The largest absolute Gasteiger partial charge is 0.370 e. The molecule has 0 radical (unpaired) electrons. The van der Waals surface area contributed by atoms with Crippen molar-refractivity contribution in [2.45, 2.75) is 49.8 Å². The van der Waals surface area contributed by atoms with Gasteiger partial charge in [-0.3, -0.25) is 9.59 Å². The Labute approximate surface area is 137 Å². The summed E-state index contributed by atoms with van der Waals surface area (Å²) >= 11 is 1.56. The predicted octanol–water partition coefficient (Wildman–Crippen LogP) is 3.11. The average Bonchev–Trinajstić information content (AvgIpc) is 2.52. The molecule has 0 saturated heterocycles. The first kappa shape index (κ1) is 18.6. The molecule has 0 saturated carbocycles. The number of nitrogens with one attached hydrogen (secondary N) is 1. The molecule has 122 valence electrons. The van der Waals surface area contributed by atoms with E-state index in [1.807, 2.05) is 30.3 Å². The van der Waals surface area contributed by atoms with E-state index < -0.39 is 0 Å². The molecule has 22 heavy (non-hydrogen) atoms. The van der Waals surface area contributed by atoms with Crippen molar-refractivity contribution in [1.29, 1.82) is 0 Å². The number of hydrogen-bond acceptors (Lipinski definition) is 3. The maximum atomic E-state index is 11.7. The molecule has 4 nitrogen and oxygen atoms in total. The van der Waals surface area contributed by atoms with Gasteiger partial charge >= 0.3 is 0 Å². The zero-order valence-electron chi connectivity index (χ0n) is 13.1. The molecular weight excluding hydrogens is 296 g/mol. The SMILES string of the molecule is NC(=O)CCCCCCCCNC(=O)CSc1ccccc1. The summed E-state index contributed by atoms with van der Waals surface area (Å²) in [6.07, 6.45) is 6.85. The molecular formula is C17H26N2O2S. The molecule has 0 aliphatic heterocycles. The molecule has 0 bridgehead atoms. The Morgan fingerprint density at radius 3 is 2.27 bits per heavy atom. The van der Waals surface area contributed by atoms with E-state index in [1.165, 1.54) is 0 Å². The Kier molecular flexibility index (Phi) is 10.2. The number of carbonyl (C=O) groups is 2. The Hall–Kier alpha value is -1.49. The van der Waals surface area contributed by atoms with Crippen molar-refractivity contribution in [3.63, 3.8) is 0 Å². The van der Waals surface area contributed by atoms with E-state index in [-0.39, 0.29) is 11.8 Å². The van der Waals surface area contributed by atoms with Gasteiger partial charge in [-0.2, -0.15) is 0 Å². The highest BCUT2D eigenvalue weighted by atomic mass is 32.2. The topological polar surface area (TPSA) is 72.2 Å². The monoisotopic (exact) mass is 322 g/mol. The van der Waals surface area contributed by atoms with Crippen LogP contribution in [0.5, 0.6) is 0 Å². The van der Waals surface area contributed by atoms with Gasteiger partial charge in [0.25, 0.3) is 0 Å². The fourth-order valence-corrected chi connectivity index (χ4v) is 2.83. The quantitative estimate of drug-likeness (QED) is 0.459. The average molecular weight is 322 g/mol. The Morgan fingerprint density at radius 1 is 0.955 bits per heavy atom. The lowest BCUT2D eigenvalue weighted by molar-refractivity contribution is -0.119. The molecule has 1 aromatic carbocycles. The van der Waals surface area contributed by atoms with Crippen LogP contribution in [-0.2, 0) is 9.59 Å². The summed E-state index contributed by atoms with van der Waals surface area (Å²) in [6, 6.07) is 9.94. The first-order valence-corrected chi connectivity index (χ1v) is 8.90. The van der Waals surface area contributed by atoms with Crippen LogP contribution >= 0.6 is 11.8 Å². The Bertz CT molecular complexity index is 438. The normalized spacial score (nSPS) is 10.4. The zero-order chi connectivity index (χ0) is 16.0. The summed E-state index contributed by atoms with van der Waals surface area (Å²) in [5.74, 6) is 0.350.